The molecule has 0 aliphatic heterocycles. The van der Waals surface area contributed by atoms with Crippen LogP contribution in [-0.2, 0) is 4.79 Å². The first-order valence-corrected chi connectivity index (χ1v) is 7.80. The van der Waals surface area contributed by atoms with Crippen LogP contribution in [0.25, 0.3) is 0 Å². The number of rotatable bonds is 6. The second kappa shape index (κ2) is 7.44. The predicted octanol–water partition coefficient (Wildman–Crippen LogP) is 2.98. The van der Waals surface area contributed by atoms with Crippen LogP contribution in [0, 0.1) is 0 Å². The molecule has 0 spiro atoms. The number of nitrogens with zero attached hydrogens (tertiary/aromatic N) is 3. The van der Waals surface area contributed by atoms with Crippen LogP contribution in [0.4, 0.5) is 11.9 Å². The standard InChI is InChI=1S/C14H23N5O2S/c1-7-15-11-16-12(19-14(4,5)6)18-13(17-11)22-10(8(2)20)9(3)21/h20H,7H2,1-6H3,(H2,15,16,17,18,19)/b10-8-. The highest BCUT2D eigenvalue weighted by Gasteiger charge is 2.17. The summed E-state index contributed by atoms with van der Waals surface area (Å²) in [5, 5.41) is 16.2. The number of thioether (sulfide) groups is 1. The third-order valence-corrected chi connectivity index (χ3v) is 3.43. The molecule has 1 heterocycles. The number of hydrogen-bond acceptors (Lipinski definition) is 8. The van der Waals surface area contributed by atoms with Gasteiger partial charge in [0.05, 0.1) is 4.91 Å². The fourth-order valence-corrected chi connectivity index (χ4v) is 2.26. The molecule has 0 saturated carbocycles. The molecule has 1 aromatic rings. The van der Waals surface area contributed by atoms with Gasteiger partial charge in [-0.15, -0.1) is 0 Å². The molecule has 0 fully saturated rings. The van der Waals surface area contributed by atoms with Crippen LogP contribution in [0.5, 0.6) is 0 Å². The molecule has 0 unspecified atom stereocenters. The third-order valence-electron chi connectivity index (χ3n) is 2.28. The smallest absolute Gasteiger partial charge is 0.228 e. The van der Waals surface area contributed by atoms with E-state index in [-0.39, 0.29) is 22.0 Å². The SMILES string of the molecule is CCNc1nc(NC(C)(C)C)nc(S/C(C(C)=O)=C(/C)O)n1. The molecule has 0 aliphatic carbocycles. The summed E-state index contributed by atoms with van der Waals surface area (Å²) in [5.74, 6) is 0.554. The van der Waals surface area contributed by atoms with E-state index in [4.69, 9.17) is 0 Å². The van der Waals surface area contributed by atoms with E-state index >= 15 is 0 Å². The first kappa shape index (κ1) is 18.2. The van der Waals surface area contributed by atoms with Crippen molar-refractivity contribution >= 4 is 29.4 Å². The molecule has 22 heavy (non-hydrogen) atoms. The Morgan fingerprint density at radius 1 is 1.18 bits per heavy atom. The Morgan fingerprint density at radius 2 is 1.77 bits per heavy atom. The van der Waals surface area contributed by atoms with Crippen LogP contribution in [0.2, 0.25) is 0 Å². The van der Waals surface area contributed by atoms with Gasteiger partial charge in [-0.25, -0.2) is 0 Å². The number of aliphatic hydroxyl groups is 1. The average molecular weight is 325 g/mol. The maximum absolute atomic E-state index is 11.6. The Balaban J connectivity index is 3.18. The van der Waals surface area contributed by atoms with E-state index in [1.165, 1.54) is 13.8 Å². The molecule has 7 nitrogen and oxygen atoms in total. The molecule has 0 bridgehead atoms. The summed E-state index contributed by atoms with van der Waals surface area (Å²) in [7, 11) is 0. The van der Waals surface area contributed by atoms with Gasteiger partial charge in [0.2, 0.25) is 11.9 Å². The molecule has 0 aliphatic rings. The van der Waals surface area contributed by atoms with Gasteiger partial charge in [0.25, 0.3) is 0 Å². The molecule has 0 aromatic carbocycles. The molecule has 122 valence electrons. The Bertz CT molecular complexity index is 577. The Kier molecular flexibility index (Phi) is 6.16. The number of carbonyl (C=O) groups excluding carboxylic acids is 1. The zero-order valence-electron chi connectivity index (χ0n) is 13.8. The number of Topliss-reactive ketones (excluding diaryl/α,β-unsaturated/α-hetero) is 1. The summed E-state index contributed by atoms with van der Waals surface area (Å²) in [5.41, 5.74) is -0.209. The molecule has 0 atom stereocenters. The second-order valence-electron chi connectivity index (χ2n) is 5.74. The van der Waals surface area contributed by atoms with Crippen molar-refractivity contribution in [1.82, 2.24) is 15.0 Å². The number of carbonyl (C=O) groups is 1. The van der Waals surface area contributed by atoms with Crippen LogP contribution in [0.1, 0.15) is 41.5 Å². The Morgan fingerprint density at radius 3 is 2.23 bits per heavy atom. The lowest BCUT2D eigenvalue weighted by atomic mass is 10.1. The van der Waals surface area contributed by atoms with Gasteiger partial charge in [-0.3, -0.25) is 4.79 Å². The maximum atomic E-state index is 11.6. The van der Waals surface area contributed by atoms with Crippen molar-refractivity contribution in [3.8, 4) is 0 Å². The van der Waals surface area contributed by atoms with Crippen molar-refractivity contribution in [2.24, 2.45) is 0 Å². The molecular weight excluding hydrogens is 302 g/mol. The van der Waals surface area contributed by atoms with E-state index < -0.39 is 0 Å². The topological polar surface area (TPSA) is 100 Å². The summed E-state index contributed by atoms with van der Waals surface area (Å²) in [6.45, 7) is 11.4. The van der Waals surface area contributed by atoms with Crippen molar-refractivity contribution in [3.63, 3.8) is 0 Å². The lowest BCUT2D eigenvalue weighted by Crippen LogP contribution is -2.27. The Hall–Kier alpha value is -1.83. The molecule has 0 amide bonds. The summed E-state index contributed by atoms with van der Waals surface area (Å²) in [4.78, 5) is 24.6. The third kappa shape index (κ3) is 5.88. The van der Waals surface area contributed by atoms with Gasteiger partial charge in [0.15, 0.2) is 10.9 Å². The number of hydrogen-bond donors (Lipinski definition) is 3. The number of anilines is 2. The van der Waals surface area contributed by atoms with Gasteiger partial charge in [-0.2, -0.15) is 15.0 Å². The number of ketones is 1. The largest absolute Gasteiger partial charge is 0.511 e. The Labute approximate surface area is 135 Å². The quantitative estimate of drug-likeness (QED) is 0.417. The van der Waals surface area contributed by atoms with Crippen molar-refractivity contribution in [1.29, 1.82) is 0 Å². The molecule has 0 radical (unpaired) electrons. The fourth-order valence-electron chi connectivity index (χ4n) is 1.52. The monoisotopic (exact) mass is 325 g/mol. The van der Waals surface area contributed by atoms with Gasteiger partial charge in [-0.05, 0) is 53.3 Å². The molecule has 3 N–H and O–H groups in total. The van der Waals surface area contributed by atoms with Crippen LogP contribution in [0.15, 0.2) is 15.8 Å². The number of nitrogens with one attached hydrogen (secondary N) is 2. The number of aromatic nitrogens is 3. The normalized spacial score (nSPS) is 12.6. The summed E-state index contributed by atoms with van der Waals surface area (Å²) >= 11 is 1.02. The molecule has 0 saturated heterocycles. The van der Waals surface area contributed by atoms with Crippen LogP contribution >= 0.6 is 11.8 Å². The average Bonchev–Trinajstić information content (AvgIpc) is 2.33. The molecule has 1 aromatic heterocycles. The summed E-state index contributed by atoms with van der Waals surface area (Å²) in [6.07, 6.45) is 0. The highest BCUT2D eigenvalue weighted by atomic mass is 32.2. The van der Waals surface area contributed by atoms with E-state index in [0.29, 0.717) is 23.6 Å². The lowest BCUT2D eigenvalue weighted by Gasteiger charge is -2.21. The van der Waals surface area contributed by atoms with Gasteiger partial charge in [0.1, 0.15) is 5.76 Å². The minimum Gasteiger partial charge on any atom is -0.511 e. The van der Waals surface area contributed by atoms with Crippen molar-refractivity contribution < 1.29 is 9.90 Å². The van der Waals surface area contributed by atoms with E-state index in [2.05, 4.69) is 25.6 Å². The maximum Gasteiger partial charge on any atom is 0.228 e. The molecule has 8 heteroatoms. The minimum absolute atomic E-state index is 0.0479. The van der Waals surface area contributed by atoms with Crippen LogP contribution in [-0.4, -0.2) is 37.9 Å². The number of allylic oxidation sites excluding steroid dienone is 2. The first-order chi connectivity index (χ1) is 10.1. The highest BCUT2D eigenvalue weighted by molar-refractivity contribution is 8.03. The summed E-state index contributed by atoms with van der Waals surface area (Å²) < 4.78 is 0. The highest BCUT2D eigenvalue weighted by Crippen LogP contribution is 2.27. The van der Waals surface area contributed by atoms with Gasteiger partial charge >= 0.3 is 0 Å². The van der Waals surface area contributed by atoms with Crippen LogP contribution < -0.4 is 10.6 Å². The van der Waals surface area contributed by atoms with Gasteiger partial charge in [0, 0.05) is 12.1 Å². The number of aliphatic hydroxyl groups excluding tert-OH is 1. The van der Waals surface area contributed by atoms with Gasteiger partial charge in [-0.1, -0.05) is 0 Å². The second-order valence-corrected chi connectivity index (χ2v) is 6.72. The van der Waals surface area contributed by atoms with Crippen molar-refractivity contribution in [3.05, 3.63) is 10.7 Å². The zero-order chi connectivity index (χ0) is 16.9. The van der Waals surface area contributed by atoms with Crippen molar-refractivity contribution in [2.45, 2.75) is 52.2 Å². The van der Waals surface area contributed by atoms with Gasteiger partial charge < -0.3 is 15.7 Å². The van der Waals surface area contributed by atoms with Crippen molar-refractivity contribution in [2.75, 3.05) is 17.2 Å². The zero-order valence-corrected chi connectivity index (χ0v) is 14.6. The predicted molar refractivity (Wildman–Crippen MR) is 89.2 cm³/mol. The first-order valence-electron chi connectivity index (χ1n) is 6.99. The minimum atomic E-state index is -0.235. The molecule has 1 rings (SSSR count). The lowest BCUT2D eigenvalue weighted by molar-refractivity contribution is -0.113. The van der Waals surface area contributed by atoms with E-state index in [1.807, 2.05) is 27.7 Å². The van der Waals surface area contributed by atoms with E-state index in [1.54, 1.807) is 0 Å². The molecular formula is C14H23N5O2S. The van der Waals surface area contributed by atoms with E-state index in [0.717, 1.165) is 11.8 Å². The van der Waals surface area contributed by atoms with Crippen LogP contribution in [0.3, 0.4) is 0 Å². The summed E-state index contributed by atoms with van der Waals surface area (Å²) in [6, 6.07) is 0. The van der Waals surface area contributed by atoms with E-state index in [9.17, 15) is 9.90 Å². The fraction of sp³-hybridized carbons (Fsp3) is 0.571.